The van der Waals surface area contributed by atoms with E-state index in [2.05, 4.69) is 42.7 Å². The molecule has 4 aromatic rings. The minimum atomic E-state index is -0.341. The van der Waals surface area contributed by atoms with Crippen molar-refractivity contribution < 1.29 is 14.3 Å². The van der Waals surface area contributed by atoms with E-state index in [0.29, 0.717) is 38.7 Å². The number of ether oxygens (including phenoxy) is 2. The van der Waals surface area contributed by atoms with Crippen LogP contribution in [-0.4, -0.2) is 30.3 Å². The maximum Gasteiger partial charge on any atom is 0.271 e. The number of aromatic nitrogens is 1. The molecule has 0 fully saturated rings. The van der Waals surface area contributed by atoms with Gasteiger partial charge < -0.3 is 14.8 Å². The first kappa shape index (κ1) is 27.2. The van der Waals surface area contributed by atoms with E-state index in [1.54, 1.807) is 24.3 Å². The van der Waals surface area contributed by atoms with Gasteiger partial charge in [0, 0.05) is 37.3 Å². The van der Waals surface area contributed by atoms with Crippen LogP contribution in [0.2, 0.25) is 5.02 Å². The van der Waals surface area contributed by atoms with Crippen LogP contribution in [-0.2, 0) is 0 Å². The lowest BCUT2D eigenvalue weighted by Crippen LogP contribution is -2.17. The fraction of sp³-hybridized carbons (Fsp3) is 0.107. The highest BCUT2D eigenvalue weighted by molar-refractivity contribution is 9.10. The number of nitrogens with one attached hydrogen (secondary N) is 2. The van der Waals surface area contributed by atoms with E-state index >= 15 is 0 Å². The molecule has 0 bridgehead atoms. The molecule has 1 amide bonds. The first-order chi connectivity index (χ1) is 18.5. The van der Waals surface area contributed by atoms with Gasteiger partial charge in [-0.2, -0.15) is 5.10 Å². The summed E-state index contributed by atoms with van der Waals surface area (Å²) in [6, 6.07) is 18.1. The lowest BCUT2D eigenvalue weighted by molar-refractivity contribution is 0.0955. The number of hydrogen-bond donors (Lipinski definition) is 2. The monoisotopic (exact) mass is 608 g/mol. The van der Waals surface area contributed by atoms with Crippen molar-refractivity contribution in [1.29, 1.82) is 0 Å². The molecule has 0 aliphatic carbocycles. The Bertz CT molecular complexity index is 1480. The third kappa shape index (κ3) is 7.13. The van der Waals surface area contributed by atoms with Crippen LogP contribution in [0, 0.1) is 12.3 Å². The summed E-state index contributed by atoms with van der Waals surface area (Å²) in [7, 11) is 0. The summed E-state index contributed by atoms with van der Waals surface area (Å²) in [6.45, 7) is 2.45. The lowest BCUT2D eigenvalue weighted by Gasteiger charge is -2.12. The number of carbonyl (C=O) groups is 1. The van der Waals surface area contributed by atoms with Crippen LogP contribution < -0.4 is 20.2 Å². The van der Waals surface area contributed by atoms with Gasteiger partial charge in [0.2, 0.25) is 0 Å². The van der Waals surface area contributed by atoms with Crippen molar-refractivity contribution in [3.63, 3.8) is 0 Å². The maximum atomic E-state index is 12.6. The van der Waals surface area contributed by atoms with Crippen molar-refractivity contribution in [2.75, 3.05) is 18.5 Å². The zero-order valence-corrected chi connectivity index (χ0v) is 23.4. The Balaban J connectivity index is 1.38. The van der Waals surface area contributed by atoms with Crippen molar-refractivity contribution >= 4 is 61.8 Å². The molecule has 0 spiro atoms. The molecule has 0 saturated heterocycles. The molecule has 38 heavy (non-hydrogen) atoms. The molecule has 0 atom stereocenters. The van der Waals surface area contributed by atoms with Gasteiger partial charge >= 0.3 is 0 Å². The number of terminal acetylenes is 1. The highest BCUT2D eigenvalue weighted by atomic mass is 79.9. The third-order valence-corrected chi connectivity index (χ3v) is 6.78. The highest BCUT2D eigenvalue weighted by Crippen LogP contribution is 2.33. The predicted octanol–water partition coefficient (Wildman–Crippen LogP) is 7.14. The SMILES string of the molecule is C#CCOc1cc(Br)c(/C=N\NC(=O)c2ccc(-c3csc(Nc4ccc(Cl)cc4)n3)cc2)cc1OCC. The zero-order valence-electron chi connectivity index (χ0n) is 20.2. The number of rotatable bonds is 10. The largest absolute Gasteiger partial charge is 0.490 e. The number of thiazole rings is 1. The number of hydrazone groups is 1. The van der Waals surface area contributed by atoms with Gasteiger partial charge in [-0.1, -0.05) is 29.7 Å². The van der Waals surface area contributed by atoms with Gasteiger partial charge in [0.25, 0.3) is 5.91 Å². The molecule has 1 aromatic heterocycles. The minimum absolute atomic E-state index is 0.124. The average Bonchev–Trinajstić information content (AvgIpc) is 3.39. The van der Waals surface area contributed by atoms with Gasteiger partial charge in [-0.3, -0.25) is 4.79 Å². The molecule has 7 nitrogen and oxygen atoms in total. The number of hydrogen-bond acceptors (Lipinski definition) is 7. The predicted molar refractivity (Wildman–Crippen MR) is 157 cm³/mol. The molecule has 0 saturated carbocycles. The van der Waals surface area contributed by atoms with Crippen molar-refractivity contribution in [3.05, 3.63) is 86.7 Å². The van der Waals surface area contributed by atoms with Crippen LogP contribution in [0.3, 0.4) is 0 Å². The number of benzene rings is 3. The second-order valence-electron chi connectivity index (χ2n) is 7.69. The summed E-state index contributed by atoms with van der Waals surface area (Å²) < 4.78 is 11.9. The molecule has 0 unspecified atom stereocenters. The molecule has 0 radical (unpaired) electrons. The van der Waals surface area contributed by atoms with Crippen molar-refractivity contribution in [2.24, 2.45) is 5.10 Å². The van der Waals surface area contributed by atoms with E-state index in [-0.39, 0.29) is 12.5 Å². The van der Waals surface area contributed by atoms with Gasteiger partial charge in [0.15, 0.2) is 16.6 Å². The molecular weight excluding hydrogens is 588 g/mol. The Kier molecular flexibility index (Phi) is 9.38. The maximum absolute atomic E-state index is 12.6. The van der Waals surface area contributed by atoms with Gasteiger partial charge in [0.05, 0.1) is 18.5 Å². The molecule has 2 N–H and O–H groups in total. The van der Waals surface area contributed by atoms with E-state index in [0.717, 1.165) is 22.1 Å². The van der Waals surface area contributed by atoms with Crippen LogP contribution in [0.1, 0.15) is 22.8 Å². The number of halogens is 2. The Morgan fingerprint density at radius 3 is 2.61 bits per heavy atom. The second-order valence-corrected chi connectivity index (χ2v) is 9.84. The number of anilines is 2. The van der Waals surface area contributed by atoms with Crippen LogP contribution >= 0.6 is 38.9 Å². The van der Waals surface area contributed by atoms with E-state index in [1.807, 2.05) is 48.7 Å². The number of amides is 1. The smallest absolute Gasteiger partial charge is 0.271 e. The molecule has 0 aliphatic heterocycles. The summed E-state index contributed by atoms with van der Waals surface area (Å²) in [6.07, 6.45) is 6.80. The van der Waals surface area contributed by atoms with Gasteiger partial charge in [-0.05, 0) is 71.4 Å². The molecule has 192 valence electrons. The minimum Gasteiger partial charge on any atom is -0.490 e. The van der Waals surface area contributed by atoms with Crippen molar-refractivity contribution in [1.82, 2.24) is 10.4 Å². The summed E-state index contributed by atoms with van der Waals surface area (Å²) in [5, 5.41) is 10.7. The first-order valence-corrected chi connectivity index (χ1v) is 13.5. The van der Waals surface area contributed by atoms with Gasteiger partial charge in [-0.25, -0.2) is 10.4 Å². The highest BCUT2D eigenvalue weighted by Gasteiger charge is 2.11. The van der Waals surface area contributed by atoms with E-state index in [1.165, 1.54) is 17.6 Å². The first-order valence-electron chi connectivity index (χ1n) is 11.4. The fourth-order valence-corrected chi connectivity index (χ4v) is 4.58. The molecular formula is C28H22BrClN4O3S. The number of nitrogens with zero attached hydrogens (tertiary/aromatic N) is 2. The Morgan fingerprint density at radius 2 is 1.89 bits per heavy atom. The lowest BCUT2D eigenvalue weighted by atomic mass is 10.1. The molecule has 0 aliphatic rings. The fourth-order valence-electron chi connectivity index (χ4n) is 3.29. The summed E-state index contributed by atoms with van der Waals surface area (Å²) >= 11 is 10.9. The quantitative estimate of drug-likeness (QED) is 0.113. The molecule has 1 heterocycles. The Labute approximate surface area is 238 Å². The molecule has 10 heteroatoms. The topological polar surface area (TPSA) is 84.8 Å². The van der Waals surface area contributed by atoms with E-state index in [9.17, 15) is 4.79 Å². The Morgan fingerprint density at radius 1 is 1.16 bits per heavy atom. The van der Waals surface area contributed by atoms with Gasteiger partial charge in [0.1, 0.15) is 6.61 Å². The number of carbonyl (C=O) groups excluding carboxylic acids is 1. The summed E-state index contributed by atoms with van der Waals surface area (Å²) in [5.41, 5.74) is 6.31. The Hall–Kier alpha value is -3.84. The van der Waals surface area contributed by atoms with Crippen molar-refractivity contribution in [2.45, 2.75) is 6.92 Å². The van der Waals surface area contributed by atoms with E-state index < -0.39 is 0 Å². The second kappa shape index (κ2) is 13.1. The molecule has 3 aromatic carbocycles. The summed E-state index contributed by atoms with van der Waals surface area (Å²) in [5.74, 6) is 3.14. The normalized spacial score (nSPS) is 10.7. The molecule has 4 rings (SSSR count). The summed E-state index contributed by atoms with van der Waals surface area (Å²) in [4.78, 5) is 17.2. The van der Waals surface area contributed by atoms with Crippen molar-refractivity contribution in [3.8, 4) is 35.1 Å². The van der Waals surface area contributed by atoms with Gasteiger partial charge in [-0.15, -0.1) is 17.8 Å². The van der Waals surface area contributed by atoms with Crippen LogP contribution in [0.25, 0.3) is 11.3 Å². The van der Waals surface area contributed by atoms with E-state index in [4.69, 9.17) is 27.5 Å². The van der Waals surface area contributed by atoms with Crippen LogP contribution in [0.4, 0.5) is 10.8 Å². The third-order valence-electron chi connectivity index (χ3n) is 5.09. The van der Waals surface area contributed by atoms with Crippen LogP contribution in [0.15, 0.2) is 75.6 Å². The van der Waals surface area contributed by atoms with Crippen LogP contribution in [0.5, 0.6) is 11.5 Å². The zero-order chi connectivity index (χ0) is 26.9. The average molecular weight is 610 g/mol. The standard InChI is InChI=1S/C28H22BrClN4O3S/c1-3-13-37-26-15-23(29)20(14-25(26)36-4-2)16-31-34-27(35)19-7-5-18(6-8-19)24-17-38-28(33-24)32-22-11-9-21(30)10-12-22/h1,5-12,14-17H,4,13H2,2H3,(H,32,33)(H,34,35)/b31-16-.